The van der Waals surface area contributed by atoms with E-state index in [1.165, 1.54) is 25.1 Å². The first kappa shape index (κ1) is 17.4. The second-order valence-corrected chi connectivity index (χ2v) is 5.72. The van der Waals surface area contributed by atoms with E-state index in [4.69, 9.17) is 21.7 Å². The summed E-state index contributed by atoms with van der Waals surface area (Å²) in [6, 6.07) is 9.47. The Morgan fingerprint density at radius 1 is 1.19 bits per heavy atom. The lowest BCUT2D eigenvalue weighted by atomic mass is 10.1. The van der Waals surface area contributed by atoms with Crippen molar-refractivity contribution in [1.82, 2.24) is 10.9 Å². The first-order valence-electron chi connectivity index (χ1n) is 7.46. The summed E-state index contributed by atoms with van der Waals surface area (Å²) >= 11 is 5.12. The van der Waals surface area contributed by atoms with Crippen LogP contribution in [-0.4, -0.2) is 22.7 Å². The fraction of sp³-hybridized carbons (Fsp3) is 0.125. The van der Waals surface area contributed by atoms with Crippen molar-refractivity contribution < 1.29 is 19.2 Å². The number of nitro groups is 1. The van der Waals surface area contributed by atoms with Crippen LogP contribution < -0.4 is 25.6 Å². The number of fused-ring (bicyclic) bond motifs is 1. The van der Waals surface area contributed by atoms with E-state index in [9.17, 15) is 14.9 Å². The zero-order valence-electron chi connectivity index (χ0n) is 13.6. The van der Waals surface area contributed by atoms with Crippen LogP contribution in [0.5, 0.6) is 11.5 Å². The summed E-state index contributed by atoms with van der Waals surface area (Å²) in [5, 5.41) is 14.0. The topological polar surface area (TPSA) is 115 Å². The third-order valence-corrected chi connectivity index (χ3v) is 3.87. The van der Waals surface area contributed by atoms with Gasteiger partial charge in [0, 0.05) is 23.4 Å². The number of anilines is 1. The van der Waals surface area contributed by atoms with Crippen molar-refractivity contribution >= 4 is 34.6 Å². The highest BCUT2D eigenvalue weighted by Crippen LogP contribution is 2.34. The van der Waals surface area contributed by atoms with Gasteiger partial charge >= 0.3 is 0 Å². The van der Waals surface area contributed by atoms with Crippen LogP contribution >= 0.6 is 12.2 Å². The highest BCUT2D eigenvalue weighted by atomic mass is 32.1. The van der Waals surface area contributed by atoms with Crippen molar-refractivity contribution in [3.05, 3.63) is 57.6 Å². The van der Waals surface area contributed by atoms with Crippen LogP contribution in [0.3, 0.4) is 0 Å². The van der Waals surface area contributed by atoms with Gasteiger partial charge in [0.25, 0.3) is 11.6 Å². The molecular formula is C16H14N4O5S. The minimum atomic E-state index is -0.541. The van der Waals surface area contributed by atoms with Gasteiger partial charge in [-0.2, -0.15) is 0 Å². The molecule has 3 rings (SSSR count). The standard InChI is InChI=1S/C16H14N4O5S/c1-9-11(3-2-4-12(9)20(22)23)15(21)18-19-16(26)17-10-5-6-13-14(7-10)25-8-24-13/h2-7H,8H2,1H3,(H,18,21)(H2,17,19,26). The quantitative estimate of drug-likeness (QED) is 0.426. The second kappa shape index (κ2) is 7.23. The normalized spacial score (nSPS) is 11.6. The Morgan fingerprint density at radius 3 is 2.73 bits per heavy atom. The fourth-order valence-corrected chi connectivity index (χ4v) is 2.55. The first-order chi connectivity index (χ1) is 12.5. The molecule has 0 saturated heterocycles. The number of nitrogens with zero attached hydrogens (tertiary/aromatic N) is 1. The van der Waals surface area contributed by atoms with Gasteiger partial charge in [0.2, 0.25) is 6.79 Å². The van der Waals surface area contributed by atoms with E-state index < -0.39 is 10.8 Å². The number of nitro benzene ring substituents is 1. The molecule has 0 saturated carbocycles. The molecule has 1 aliphatic rings. The summed E-state index contributed by atoms with van der Waals surface area (Å²) < 4.78 is 10.5. The third-order valence-electron chi connectivity index (χ3n) is 3.67. The predicted octanol–water partition coefficient (Wildman–Crippen LogP) is 2.26. The lowest BCUT2D eigenvalue weighted by Gasteiger charge is -2.13. The smallest absolute Gasteiger partial charge is 0.273 e. The van der Waals surface area contributed by atoms with E-state index in [0.29, 0.717) is 17.2 Å². The molecule has 0 bridgehead atoms. The Hall–Kier alpha value is -3.40. The zero-order valence-corrected chi connectivity index (χ0v) is 14.4. The highest BCUT2D eigenvalue weighted by molar-refractivity contribution is 7.80. The van der Waals surface area contributed by atoms with Gasteiger partial charge in [0.1, 0.15) is 0 Å². The predicted molar refractivity (Wildman–Crippen MR) is 97.2 cm³/mol. The van der Waals surface area contributed by atoms with E-state index in [0.717, 1.165) is 0 Å². The van der Waals surface area contributed by atoms with Crippen LogP contribution in [0.2, 0.25) is 0 Å². The Bertz CT molecular complexity index is 902. The molecule has 134 valence electrons. The number of benzene rings is 2. The number of hydrazine groups is 1. The molecule has 9 nitrogen and oxygen atoms in total. The monoisotopic (exact) mass is 374 g/mol. The maximum absolute atomic E-state index is 12.2. The number of nitrogens with one attached hydrogen (secondary N) is 3. The van der Waals surface area contributed by atoms with E-state index in [2.05, 4.69) is 16.2 Å². The van der Waals surface area contributed by atoms with E-state index in [1.807, 2.05) is 0 Å². The van der Waals surface area contributed by atoms with Crippen LogP contribution in [0.1, 0.15) is 15.9 Å². The molecule has 26 heavy (non-hydrogen) atoms. The number of thiocarbonyl (C=S) groups is 1. The molecule has 0 atom stereocenters. The summed E-state index contributed by atoms with van der Waals surface area (Å²) in [4.78, 5) is 22.6. The molecule has 10 heteroatoms. The van der Waals surface area contributed by atoms with Crippen molar-refractivity contribution in [1.29, 1.82) is 0 Å². The minimum Gasteiger partial charge on any atom is -0.454 e. The molecule has 0 radical (unpaired) electrons. The molecule has 2 aromatic carbocycles. The molecule has 2 aromatic rings. The second-order valence-electron chi connectivity index (χ2n) is 5.31. The van der Waals surface area contributed by atoms with Crippen molar-refractivity contribution in [2.45, 2.75) is 6.92 Å². The summed E-state index contributed by atoms with van der Waals surface area (Å²) in [6.45, 7) is 1.68. The van der Waals surface area contributed by atoms with Crippen LogP contribution in [0, 0.1) is 17.0 Å². The molecule has 0 aliphatic carbocycles. The van der Waals surface area contributed by atoms with Gasteiger partial charge in [0.05, 0.1) is 10.5 Å². The van der Waals surface area contributed by atoms with Crippen LogP contribution in [0.15, 0.2) is 36.4 Å². The third kappa shape index (κ3) is 3.64. The van der Waals surface area contributed by atoms with Crippen LogP contribution in [0.25, 0.3) is 0 Å². The molecule has 1 amide bonds. The number of rotatable bonds is 3. The van der Waals surface area contributed by atoms with Gasteiger partial charge in [-0.1, -0.05) is 6.07 Å². The minimum absolute atomic E-state index is 0.126. The zero-order chi connectivity index (χ0) is 18.7. The average molecular weight is 374 g/mol. The van der Waals surface area contributed by atoms with Gasteiger partial charge in [-0.15, -0.1) is 0 Å². The van der Waals surface area contributed by atoms with E-state index in [1.54, 1.807) is 18.2 Å². The summed E-state index contributed by atoms with van der Waals surface area (Å²) in [6.07, 6.45) is 0. The average Bonchev–Trinajstić information content (AvgIpc) is 3.07. The Morgan fingerprint density at radius 2 is 1.96 bits per heavy atom. The lowest BCUT2D eigenvalue weighted by molar-refractivity contribution is -0.385. The summed E-state index contributed by atoms with van der Waals surface area (Å²) in [5.74, 6) is 0.693. The number of hydrogen-bond acceptors (Lipinski definition) is 6. The van der Waals surface area contributed by atoms with Gasteiger partial charge in [-0.25, -0.2) is 0 Å². The maximum atomic E-state index is 12.2. The summed E-state index contributed by atoms with van der Waals surface area (Å²) in [7, 11) is 0. The summed E-state index contributed by atoms with van der Waals surface area (Å²) in [5.41, 5.74) is 5.93. The molecule has 0 aromatic heterocycles. The van der Waals surface area contributed by atoms with Gasteiger partial charge < -0.3 is 14.8 Å². The molecule has 0 spiro atoms. The largest absolute Gasteiger partial charge is 0.454 e. The Balaban J connectivity index is 1.60. The Kier molecular flexibility index (Phi) is 4.85. The molecule has 1 heterocycles. The molecule has 1 aliphatic heterocycles. The number of amides is 1. The first-order valence-corrected chi connectivity index (χ1v) is 7.87. The van der Waals surface area contributed by atoms with Gasteiger partial charge in [0.15, 0.2) is 16.6 Å². The maximum Gasteiger partial charge on any atom is 0.273 e. The van der Waals surface area contributed by atoms with Gasteiger partial charge in [-0.3, -0.25) is 25.8 Å². The van der Waals surface area contributed by atoms with Crippen molar-refractivity contribution in [2.24, 2.45) is 0 Å². The lowest BCUT2D eigenvalue weighted by Crippen LogP contribution is -2.44. The fourth-order valence-electron chi connectivity index (χ4n) is 2.38. The van der Waals surface area contributed by atoms with Crippen molar-refractivity contribution in [2.75, 3.05) is 12.1 Å². The Labute approximate surface area is 153 Å². The molecule has 0 unspecified atom stereocenters. The van der Waals surface area contributed by atoms with E-state index >= 15 is 0 Å². The molecule has 0 fully saturated rings. The molecule has 3 N–H and O–H groups in total. The number of carbonyl (C=O) groups excluding carboxylic acids is 1. The van der Waals surface area contributed by atoms with Crippen molar-refractivity contribution in [3.63, 3.8) is 0 Å². The number of hydrogen-bond donors (Lipinski definition) is 3. The van der Waals surface area contributed by atoms with Crippen LogP contribution in [0.4, 0.5) is 11.4 Å². The molecular weight excluding hydrogens is 360 g/mol. The van der Waals surface area contributed by atoms with E-state index in [-0.39, 0.29) is 28.7 Å². The highest BCUT2D eigenvalue weighted by Gasteiger charge is 2.18. The number of carbonyl (C=O) groups is 1. The SMILES string of the molecule is Cc1c(C(=O)NNC(=S)Nc2ccc3c(c2)OCO3)cccc1[N+](=O)[O-]. The number of ether oxygens (including phenoxy) is 2. The van der Waals surface area contributed by atoms with Crippen molar-refractivity contribution in [3.8, 4) is 11.5 Å². The van der Waals surface area contributed by atoms with Crippen LogP contribution in [-0.2, 0) is 0 Å². The van der Waals surface area contributed by atoms with Gasteiger partial charge in [-0.05, 0) is 37.3 Å².